The Morgan fingerprint density at radius 2 is 1.93 bits per heavy atom. The van der Waals surface area contributed by atoms with Crippen molar-refractivity contribution in [2.45, 2.75) is 31.2 Å². The van der Waals surface area contributed by atoms with Gasteiger partial charge in [-0.15, -0.1) is 11.6 Å². The lowest BCUT2D eigenvalue weighted by Gasteiger charge is -2.22. The maximum atomic E-state index is 11.0. The number of imidazole rings is 1. The number of H-pyrrole nitrogens is 1. The van der Waals surface area contributed by atoms with Gasteiger partial charge in [0.25, 0.3) is 0 Å². The second-order valence-corrected chi connectivity index (χ2v) is 7.50. The van der Waals surface area contributed by atoms with Crippen molar-refractivity contribution in [3.63, 3.8) is 0 Å². The van der Waals surface area contributed by atoms with E-state index in [1.807, 2.05) is 0 Å². The summed E-state index contributed by atoms with van der Waals surface area (Å²) in [5.41, 5.74) is 1.82. The van der Waals surface area contributed by atoms with E-state index in [0.29, 0.717) is 34.8 Å². The lowest BCUT2D eigenvalue weighted by atomic mass is 9.92. The summed E-state index contributed by atoms with van der Waals surface area (Å²) in [5.74, 6) is -0.338. The number of carbonyl (C=O) groups excluding carboxylic acids is 1. The second-order valence-electron chi connectivity index (χ2n) is 6.80. The summed E-state index contributed by atoms with van der Waals surface area (Å²) in [6.07, 6.45) is 1.67. The molecule has 1 aliphatic carbocycles. The Morgan fingerprint density at radius 1 is 1.20 bits per heavy atom. The van der Waals surface area contributed by atoms with Gasteiger partial charge in [0.05, 0.1) is 24.6 Å². The molecule has 4 rings (SSSR count). The molecule has 1 saturated carbocycles. The highest BCUT2D eigenvalue weighted by atomic mass is 35.5. The summed E-state index contributed by atoms with van der Waals surface area (Å²) in [7, 11) is 0. The summed E-state index contributed by atoms with van der Waals surface area (Å²) in [6, 6.07) is 6.89. The van der Waals surface area contributed by atoms with Gasteiger partial charge in [0.1, 0.15) is 17.7 Å². The third-order valence-corrected chi connectivity index (χ3v) is 5.34. The molecule has 4 atom stereocenters. The molecule has 1 aromatic carbocycles. The van der Waals surface area contributed by atoms with Gasteiger partial charge in [-0.1, -0.05) is 23.7 Å². The number of benzene rings is 1. The second kappa shape index (κ2) is 10.1. The van der Waals surface area contributed by atoms with Crippen molar-refractivity contribution in [1.82, 2.24) is 19.9 Å². The first-order valence-corrected chi connectivity index (χ1v) is 10.1. The Hall–Kier alpha value is -2.30. The zero-order valence-electron chi connectivity index (χ0n) is 15.7. The van der Waals surface area contributed by atoms with E-state index in [2.05, 4.69) is 25.3 Å². The van der Waals surface area contributed by atoms with Gasteiger partial charge in [-0.2, -0.15) is 0 Å². The largest absolute Gasteiger partial charge is 0.390 e. The molecule has 0 radical (unpaired) electrons. The van der Waals surface area contributed by atoms with Crippen molar-refractivity contribution < 1.29 is 20.1 Å². The molecule has 160 valence electrons. The number of alkyl halides is 1. The number of carbonyl (C=O) groups is 1. The summed E-state index contributed by atoms with van der Waals surface area (Å²) in [4.78, 5) is 25.5. The monoisotopic (exact) mass is 453 g/mol. The van der Waals surface area contributed by atoms with Gasteiger partial charge in [0, 0.05) is 10.9 Å². The average molecular weight is 454 g/mol. The van der Waals surface area contributed by atoms with Crippen LogP contribution in [0.1, 0.15) is 24.5 Å². The lowest BCUT2D eigenvalue weighted by molar-refractivity contribution is -0.113. The maximum Gasteiger partial charge on any atom is 0.240 e. The van der Waals surface area contributed by atoms with Gasteiger partial charge in [-0.05, 0) is 30.5 Å². The van der Waals surface area contributed by atoms with Crippen molar-refractivity contribution in [2.75, 3.05) is 11.2 Å². The number of aromatic amines is 1. The van der Waals surface area contributed by atoms with Crippen LogP contribution in [0.4, 0.5) is 5.82 Å². The van der Waals surface area contributed by atoms with E-state index in [9.17, 15) is 20.1 Å². The van der Waals surface area contributed by atoms with Crippen molar-refractivity contribution >= 4 is 46.1 Å². The predicted molar refractivity (Wildman–Crippen MR) is 112 cm³/mol. The third-order valence-electron chi connectivity index (χ3n) is 4.85. The van der Waals surface area contributed by atoms with Crippen LogP contribution in [0.3, 0.4) is 0 Å². The van der Waals surface area contributed by atoms with Gasteiger partial charge >= 0.3 is 0 Å². The van der Waals surface area contributed by atoms with Gasteiger partial charge in [0.15, 0.2) is 11.5 Å². The number of nitrogens with zero attached hydrogens (tertiary/aromatic N) is 3. The van der Waals surface area contributed by atoms with Crippen molar-refractivity contribution in [1.29, 1.82) is 0 Å². The number of aliphatic hydroxyl groups is 3. The van der Waals surface area contributed by atoms with E-state index in [4.69, 9.17) is 23.2 Å². The third kappa shape index (κ3) is 5.24. The number of nitrogens with one attached hydrogen (secondary N) is 2. The van der Waals surface area contributed by atoms with E-state index in [1.54, 1.807) is 24.3 Å². The van der Waals surface area contributed by atoms with Gasteiger partial charge < -0.3 is 25.6 Å². The molecule has 2 heterocycles. The number of hydrogen-bond donors (Lipinski definition) is 5. The minimum atomic E-state index is -0.842. The zero-order valence-corrected chi connectivity index (χ0v) is 17.3. The van der Waals surface area contributed by atoms with Crippen molar-refractivity contribution in [3.8, 4) is 0 Å². The number of aromatic nitrogens is 4. The minimum absolute atomic E-state index is 0.111. The highest BCUT2D eigenvalue weighted by Crippen LogP contribution is 2.36. The topological polar surface area (TPSA) is 144 Å². The predicted octanol–water partition coefficient (Wildman–Crippen LogP) is 2.04. The Balaban J connectivity index is 0.000000172. The summed E-state index contributed by atoms with van der Waals surface area (Å²) < 4.78 is 0. The van der Waals surface area contributed by atoms with Crippen LogP contribution in [-0.4, -0.2) is 59.3 Å². The molecule has 0 spiro atoms. The van der Waals surface area contributed by atoms with Crippen LogP contribution in [-0.2, 0) is 4.79 Å². The molecule has 5 N–H and O–H groups in total. The van der Waals surface area contributed by atoms with Gasteiger partial charge in [-0.25, -0.2) is 15.0 Å². The molecule has 30 heavy (non-hydrogen) atoms. The Kier molecular flexibility index (Phi) is 7.57. The highest BCUT2D eigenvalue weighted by Gasteiger charge is 2.38. The SMILES string of the molecule is O=C(CCl)Nc1ncnc2nc[nH]c12.OC1CCC(C(O)c2ccc(Cl)cc2)C1O. The summed E-state index contributed by atoms with van der Waals surface area (Å²) in [5, 5.41) is 32.4. The average Bonchev–Trinajstić information content (AvgIpc) is 3.36. The fourth-order valence-corrected chi connectivity index (χ4v) is 3.46. The quantitative estimate of drug-likeness (QED) is 0.380. The van der Waals surface area contributed by atoms with E-state index in [1.165, 1.54) is 12.7 Å². The molecule has 0 aliphatic heterocycles. The lowest BCUT2D eigenvalue weighted by Crippen LogP contribution is -2.28. The Labute approximate surface area is 182 Å². The number of fused-ring (bicyclic) bond motifs is 1. The number of amides is 1. The molecular formula is C19H21Cl2N5O4. The Morgan fingerprint density at radius 3 is 2.57 bits per heavy atom. The minimum Gasteiger partial charge on any atom is -0.390 e. The first-order chi connectivity index (χ1) is 14.4. The van der Waals surface area contributed by atoms with Crippen LogP contribution in [0.5, 0.6) is 0 Å². The first-order valence-electron chi connectivity index (χ1n) is 9.20. The molecular weight excluding hydrogens is 433 g/mol. The molecule has 0 saturated heterocycles. The normalized spacial score (nSPS) is 21.7. The van der Waals surface area contributed by atoms with E-state index in [-0.39, 0.29) is 17.7 Å². The fourth-order valence-electron chi connectivity index (χ4n) is 3.27. The molecule has 1 amide bonds. The van der Waals surface area contributed by atoms with Gasteiger partial charge in [0.2, 0.25) is 5.91 Å². The number of aliphatic hydroxyl groups excluding tert-OH is 3. The van der Waals surface area contributed by atoms with E-state index in [0.717, 1.165) is 5.56 Å². The van der Waals surface area contributed by atoms with E-state index >= 15 is 0 Å². The van der Waals surface area contributed by atoms with Crippen LogP contribution in [0.2, 0.25) is 5.02 Å². The van der Waals surface area contributed by atoms with Crippen molar-refractivity contribution in [2.24, 2.45) is 5.92 Å². The number of halogens is 2. The fraction of sp³-hybridized carbons (Fsp3) is 0.368. The number of anilines is 1. The molecule has 9 nitrogen and oxygen atoms in total. The van der Waals surface area contributed by atoms with Crippen LogP contribution in [0, 0.1) is 5.92 Å². The molecule has 2 aromatic heterocycles. The number of rotatable bonds is 4. The molecule has 3 aromatic rings. The van der Waals surface area contributed by atoms with Gasteiger partial charge in [-0.3, -0.25) is 4.79 Å². The molecule has 11 heteroatoms. The summed E-state index contributed by atoms with van der Waals surface area (Å²) in [6.45, 7) is 0. The van der Waals surface area contributed by atoms with Crippen LogP contribution in [0.25, 0.3) is 11.2 Å². The molecule has 1 fully saturated rings. The zero-order chi connectivity index (χ0) is 21.7. The van der Waals surface area contributed by atoms with Crippen LogP contribution >= 0.6 is 23.2 Å². The Bertz CT molecular complexity index is 984. The molecule has 0 bridgehead atoms. The summed E-state index contributed by atoms with van der Waals surface area (Å²) >= 11 is 11.1. The van der Waals surface area contributed by atoms with Crippen molar-refractivity contribution in [3.05, 3.63) is 47.5 Å². The smallest absolute Gasteiger partial charge is 0.240 e. The van der Waals surface area contributed by atoms with Crippen LogP contribution < -0.4 is 5.32 Å². The van der Waals surface area contributed by atoms with Crippen LogP contribution in [0.15, 0.2) is 36.9 Å². The molecule has 4 unspecified atom stereocenters. The van der Waals surface area contributed by atoms with E-state index < -0.39 is 18.3 Å². The maximum absolute atomic E-state index is 11.0. The number of hydrogen-bond acceptors (Lipinski definition) is 7. The molecule has 1 aliphatic rings. The highest BCUT2D eigenvalue weighted by molar-refractivity contribution is 6.30. The standard InChI is InChI=1S/C12H15ClO3.C7H6ClN5O/c13-8-3-1-7(2-4-8)11(15)9-5-6-10(14)12(9)16;8-1-4(14)13-7-5-6(10-2-9-5)11-3-12-7/h1-4,9-12,14-16H,5-6H2;2-3H,1H2,(H2,9,10,11,12,13,14). The first kappa shape index (κ1) is 22.4.